The monoisotopic (exact) mass is 583 g/mol. The number of amides is 1. The molecule has 1 amide bonds. The van der Waals surface area contributed by atoms with Gasteiger partial charge in [-0.1, -0.05) is 26.0 Å². The van der Waals surface area contributed by atoms with E-state index in [1.165, 1.54) is 26.1 Å². The number of esters is 1. The van der Waals surface area contributed by atoms with Crippen LogP contribution in [0.2, 0.25) is 0 Å². The number of rotatable bonds is 12. The van der Waals surface area contributed by atoms with Gasteiger partial charge >= 0.3 is 17.8 Å². The van der Waals surface area contributed by atoms with Gasteiger partial charge in [-0.3, -0.25) is 23.7 Å². The topological polar surface area (TPSA) is 156 Å². The number of nitrogens with zero attached hydrogens (tertiary/aromatic N) is 4. The van der Waals surface area contributed by atoms with Crippen LogP contribution in [0.3, 0.4) is 0 Å². The van der Waals surface area contributed by atoms with Crippen molar-refractivity contribution in [2.45, 2.75) is 72.1 Å². The van der Waals surface area contributed by atoms with Gasteiger partial charge in [0.2, 0.25) is 17.9 Å². The first-order valence-electron chi connectivity index (χ1n) is 13.7. The third kappa shape index (κ3) is 7.07. The molecule has 4 rings (SSSR count). The van der Waals surface area contributed by atoms with E-state index in [-0.39, 0.29) is 53.7 Å². The molecule has 1 saturated carbocycles. The molecule has 0 saturated heterocycles. The van der Waals surface area contributed by atoms with E-state index in [0.717, 1.165) is 17.4 Å². The van der Waals surface area contributed by atoms with Gasteiger partial charge in [0.15, 0.2) is 11.5 Å². The predicted octanol–water partition coefficient (Wildman–Crippen LogP) is 3.41. The van der Waals surface area contributed by atoms with Gasteiger partial charge in [-0.05, 0) is 50.8 Å². The van der Waals surface area contributed by atoms with Crippen LogP contribution in [0.25, 0.3) is 0 Å². The summed E-state index contributed by atoms with van der Waals surface area (Å²) in [7, 11) is 1.43. The third-order valence-corrected chi connectivity index (χ3v) is 6.69. The molecule has 2 heterocycles. The molecule has 1 N–H and O–H groups in total. The zero-order chi connectivity index (χ0) is 30.8. The Balaban J connectivity index is 1.71. The number of ketones is 1. The maximum absolute atomic E-state index is 13.7. The second-order valence-electron chi connectivity index (χ2n) is 11.2. The van der Waals surface area contributed by atoms with E-state index in [9.17, 15) is 23.6 Å². The van der Waals surface area contributed by atoms with E-state index in [1.54, 1.807) is 39.8 Å². The summed E-state index contributed by atoms with van der Waals surface area (Å²) in [6.45, 7) is 8.24. The first-order valence-corrected chi connectivity index (χ1v) is 13.7. The molecule has 0 spiro atoms. The van der Waals surface area contributed by atoms with Crippen LogP contribution in [0.5, 0.6) is 5.75 Å². The summed E-state index contributed by atoms with van der Waals surface area (Å²) < 4.78 is 31.2. The van der Waals surface area contributed by atoms with Gasteiger partial charge in [0, 0.05) is 26.3 Å². The number of carbonyl (C=O) groups is 3. The molecule has 0 aliphatic heterocycles. The van der Waals surface area contributed by atoms with E-state index in [4.69, 9.17) is 13.9 Å². The van der Waals surface area contributed by atoms with Crippen molar-refractivity contribution >= 4 is 17.7 Å². The Bertz CT molecular complexity index is 1540. The standard InChI is InChI=1S/C29H34FN5O7/c1-15(2)27(42-26(39)18-10-11-18)41-22-21(20(36)14-9-17-7-12-19(30)13-8-17)31-28(35(6)25(22)38)29(4,5)32-23(37)24-34-33-16(3)40-24/h7-8,12-13,15,18,27H,9-11,14H2,1-6H3,(H,32,37). The molecule has 224 valence electrons. The first-order chi connectivity index (χ1) is 19.8. The Kier molecular flexibility index (Phi) is 8.88. The van der Waals surface area contributed by atoms with Gasteiger partial charge in [0.1, 0.15) is 11.6 Å². The van der Waals surface area contributed by atoms with Crippen molar-refractivity contribution < 1.29 is 32.7 Å². The number of aryl methyl sites for hydroxylation is 2. The van der Waals surface area contributed by atoms with Gasteiger partial charge in [0.05, 0.1) is 11.5 Å². The molecule has 1 fully saturated rings. The van der Waals surface area contributed by atoms with Crippen molar-refractivity contribution in [2.24, 2.45) is 18.9 Å². The molecular formula is C29H34FN5O7. The van der Waals surface area contributed by atoms with Crippen LogP contribution in [0.1, 0.15) is 85.4 Å². The Labute approximate surface area is 241 Å². The van der Waals surface area contributed by atoms with Crippen LogP contribution in [-0.2, 0) is 28.5 Å². The van der Waals surface area contributed by atoms with E-state index < -0.39 is 40.9 Å². The lowest BCUT2D eigenvalue weighted by Gasteiger charge is -2.28. The van der Waals surface area contributed by atoms with Crippen molar-refractivity contribution in [1.29, 1.82) is 0 Å². The van der Waals surface area contributed by atoms with E-state index in [0.29, 0.717) is 5.56 Å². The van der Waals surface area contributed by atoms with Gasteiger partial charge in [0.25, 0.3) is 5.56 Å². The fraction of sp³-hybridized carbons (Fsp3) is 0.483. The summed E-state index contributed by atoms with van der Waals surface area (Å²) in [5.41, 5.74) is -1.58. The second-order valence-corrected chi connectivity index (χ2v) is 11.2. The zero-order valence-corrected chi connectivity index (χ0v) is 24.4. The van der Waals surface area contributed by atoms with Crippen LogP contribution < -0.4 is 15.6 Å². The Hall–Kier alpha value is -4.42. The molecule has 42 heavy (non-hydrogen) atoms. The summed E-state index contributed by atoms with van der Waals surface area (Å²) in [4.78, 5) is 57.1. The van der Waals surface area contributed by atoms with Crippen molar-refractivity contribution in [1.82, 2.24) is 25.1 Å². The van der Waals surface area contributed by atoms with E-state index in [2.05, 4.69) is 20.5 Å². The Morgan fingerprint density at radius 3 is 2.40 bits per heavy atom. The molecule has 1 aliphatic carbocycles. The summed E-state index contributed by atoms with van der Waals surface area (Å²) in [5, 5.41) is 10.1. The van der Waals surface area contributed by atoms with Crippen molar-refractivity contribution in [2.75, 3.05) is 0 Å². The number of hydrogen-bond acceptors (Lipinski definition) is 10. The minimum Gasteiger partial charge on any atom is -0.446 e. The van der Waals surface area contributed by atoms with Crippen LogP contribution in [0.4, 0.5) is 4.39 Å². The average Bonchev–Trinajstić information content (AvgIpc) is 3.69. The van der Waals surface area contributed by atoms with E-state index >= 15 is 0 Å². The molecule has 2 aromatic heterocycles. The molecule has 1 unspecified atom stereocenters. The highest BCUT2D eigenvalue weighted by Gasteiger charge is 2.37. The summed E-state index contributed by atoms with van der Waals surface area (Å²) in [5.74, 6) is -3.04. The fourth-order valence-electron chi connectivity index (χ4n) is 4.19. The number of ether oxygens (including phenoxy) is 2. The number of aromatic nitrogens is 4. The van der Waals surface area contributed by atoms with Gasteiger partial charge in [-0.25, -0.2) is 9.37 Å². The maximum Gasteiger partial charge on any atom is 0.312 e. The average molecular weight is 584 g/mol. The smallest absolute Gasteiger partial charge is 0.312 e. The molecule has 13 heteroatoms. The quantitative estimate of drug-likeness (QED) is 0.190. The van der Waals surface area contributed by atoms with Crippen LogP contribution in [-0.4, -0.2) is 43.7 Å². The van der Waals surface area contributed by atoms with Crippen molar-refractivity contribution in [3.05, 3.63) is 69.3 Å². The predicted molar refractivity (Wildman–Crippen MR) is 146 cm³/mol. The van der Waals surface area contributed by atoms with Crippen molar-refractivity contribution in [3.8, 4) is 5.75 Å². The van der Waals surface area contributed by atoms with Crippen LogP contribution in [0, 0.1) is 24.6 Å². The van der Waals surface area contributed by atoms with Crippen LogP contribution in [0.15, 0.2) is 33.5 Å². The number of benzene rings is 1. The molecule has 1 atom stereocenters. The van der Waals surface area contributed by atoms with Gasteiger partial charge in [-0.15, -0.1) is 10.2 Å². The first kappa shape index (κ1) is 30.5. The number of carbonyl (C=O) groups excluding carboxylic acids is 3. The SMILES string of the molecule is Cc1nnc(C(=O)NC(C)(C)c2nc(C(=O)CCc3ccc(F)cc3)c(OC(OC(=O)C3CC3)C(C)C)c(=O)n2C)o1. The van der Waals surface area contributed by atoms with Crippen LogP contribution >= 0.6 is 0 Å². The molecule has 1 aliphatic rings. The second kappa shape index (κ2) is 12.2. The Morgan fingerprint density at radius 2 is 1.83 bits per heavy atom. The molecule has 0 radical (unpaired) electrons. The van der Waals surface area contributed by atoms with Gasteiger partial charge < -0.3 is 19.2 Å². The zero-order valence-electron chi connectivity index (χ0n) is 24.4. The Morgan fingerprint density at radius 1 is 1.17 bits per heavy atom. The summed E-state index contributed by atoms with van der Waals surface area (Å²) in [6, 6.07) is 5.71. The summed E-state index contributed by atoms with van der Waals surface area (Å²) >= 11 is 0. The van der Waals surface area contributed by atoms with Gasteiger partial charge in [-0.2, -0.15) is 0 Å². The normalized spacial score (nSPS) is 14.0. The summed E-state index contributed by atoms with van der Waals surface area (Å²) in [6.07, 6.45) is 0.461. The number of hydrogen-bond donors (Lipinski definition) is 1. The lowest BCUT2D eigenvalue weighted by molar-refractivity contribution is -0.171. The largest absolute Gasteiger partial charge is 0.446 e. The number of halogens is 1. The minimum atomic E-state index is -1.30. The molecule has 0 bridgehead atoms. The highest BCUT2D eigenvalue weighted by atomic mass is 19.1. The maximum atomic E-state index is 13.7. The van der Waals surface area contributed by atoms with Crippen molar-refractivity contribution in [3.63, 3.8) is 0 Å². The molecule has 1 aromatic carbocycles. The highest BCUT2D eigenvalue weighted by Crippen LogP contribution is 2.32. The third-order valence-electron chi connectivity index (χ3n) is 6.69. The molecule has 3 aromatic rings. The lowest BCUT2D eigenvalue weighted by atomic mass is 10.0. The highest BCUT2D eigenvalue weighted by molar-refractivity contribution is 5.97. The molecular weight excluding hydrogens is 549 g/mol. The fourth-order valence-corrected chi connectivity index (χ4v) is 4.19. The number of nitrogens with one attached hydrogen (secondary N) is 1. The number of Topliss-reactive ketones (excluding diaryl/α,β-unsaturated/α-hetero) is 1. The van der Waals surface area contributed by atoms with E-state index in [1.807, 2.05) is 0 Å². The lowest BCUT2D eigenvalue weighted by Crippen LogP contribution is -2.46. The molecule has 12 nitrogen and oxygen atoms in total. The minimum absolute atomic E-state index is 0.0469.